The molecule has 3 aliphatic heterocycles. The van der Waals surface area contributed by atoms with Crippen LogP contribution < -0.4 is 5.32 Å². The number of aromatic nitrogens is 1. The highest BCUT2D eigenvalue weighted by Crippen LogP contribution is 2.43. The molecule has 0 saturated carbocycles. The normalized spacial score (nSPS) is 25.5. The molecule has 3 aliphatic rings. The predicted octanol–water partition coefficient (Wildman–Crippen LogP) is 3.71. The van der Waals surface area contributed by atoms with Gasteiger partial charge in [0.05, 0.1) is 24.8 Å². The summed E-state index contributed by atoms with van der Waals surface area (Å²) >= 11 is 1.28. The Bertz CT molecular complexity index is 1430. The molecular weight excluding hydrogens is 578 g/mol. The number of aliphatic carboxylic acids is 1. The summed E-state index contributed by atoms with van der Waals surface area (Å²) in [5.74, 6) is -5.91. The van der Waals surface area contributed by atoms with E-state index in [1.54, 1.807) is 31.5 Å². The van der Waals surface area contributed by atoms with Crippen LogP contribution in [0, 0.1) is 12.7 Å². The number of hydrogen-bond acceptors (Lipinski definition) is 9. The Balaban J connectivity index is 1.55. The predicted molar refractivity (Wildman–Crippen MR) is 147 cm³/mol. The standard InChI is InChI=1S/C28H31F4N5O4S/c1-4-41-25(38)20-18(12-37-14-28(31,32)22-19(37)8-10-36(22)13-27(3,30)26(39)40)34-23(24-33-9-11-42-24)35-21(20)16-6-5-7-17(29)15(16)2/h5-7,9,11,19,21-22H,4,8,10,12-14H2,1-3H3,(H,34,35)(H,39,40)/t19-,21-,22+,27+/m0/s1. The van der Waals surface area contributed by atoms with Crippen molar-refractivity contribution in [2.24, 2.45) is 4.99 Å². The summed E-state index contributed by atoms with van der Waals surface area (Å²) in [7, 11) is 0. The first kappa shape index (κ1) is 30.1. The molecule has 226 valence electrons. The number of benzene rings is 1. The van der Waals surface area contributed by atoms with Gasteiger partial charge in [0.15, 0.2) is 10.8 Å². The molecule has 0 radical (unpaired) electrons. The zero-order chi connectivity index (χ0) is 30.4. The molecule has 0 spiro atoms. The van der Waals surface area contributed by atoms with Gasteiger partial charge in [-0.15, -0.1) is 11.3 Å². The summed E-state index contributed by atoms with van der Waals surface area (Å²) in [6.45, 7) is 2.69. The van der Waals surface area contributed by atoms with Crippen LogP contribution in [0.5, 0.6) is 0 Å². The Hall–Kier alpha value is -3.36. The first-order valence-corrected chi connectivity index (χ1v) is 14.4. The van der Waals surface area contributed by atoms with Gasteiger partial charge in [0.1, 0.15) is 11.9 Å². The van der Waals surface area contributed by atoms with Gasteiger partial charge in [0.25, 0.3) is 5.92 Å². The number of fused-ring (bicyclic) bond motifs is 1. The van der Waals surface area contributed by atoms with Gasteiger partial charge < -0.3 is 15.2 Å². The van der Waals surface area contributed by atoms with E-state index in [-0.39, 0.29) is 43.0 Å². The minimum absolute atomic E-state index is 0.0422. The van der Waals surface area contributed by atoms with E-state index in [1.807, 2.05) is 0 Å². The van der Waals surface area contributed by atoms with Gasteiger partial charge in [-0.05, 0) is 44.4 Å². The van der Waals surface area contributed by atoms with Crippen LogP contribution in [0.3, 0.4) is 0 Å². The molecule has 2 saturated heterocycles. The zero-order valence-electron chi connectivity index (χ0n) is 23.2. The Kier molecular flexibility index (Phi) is 8.16. The Morgan fingerprint density at radius 2 is 2.07 bits per heavy atom. The van der Waals surface area contributed by atoms with Crippen LogP contribution in [-0.2, 0) is 14.3 Å². The highest BCUT2D eigenvalue weighted by Gasteiger charge is 2.60. The maximum absolute atomic E-state index is 15.5. The van der Waals surface area contributed by atoms with Crippen molar-refractivity contribution in [3.63, 3.8) is 0 Å². The van der Waals surface area contributed by atoms with E-state index < -0.39 is 60.6 Å². The number of nitrogens with zero attached hydrogens (tertiary/aromatic N) is 4. The summed E-state index contributed by atoms with van der Waals surface area (Å²) in [6.07, 6.45) is 1.82. The van der Waals surface area contributed by atoms with Crippen molar-refractivity contribution in [1.82, 2.24) is 20.1 Å². The summed E-state index contributed by atoms with van der Waals surface area (Å²) in [5, 5.41) is 14.6. The average Bonchev–Trinajstić information content (AvgIpc) is 3.65. The van der Waals surface area contributed by atoms with Gasteiger partial charge in [-0.1, -0.05) is 12.1 Å². The lowest BCUT2D eigenvalue weighted by molar-refractivity contribution is -0.152. The van der Waals surface area contributed by atoms with E-state index in [1.165, 1.54) is 33.3 Å². The molecule has 4 heterocycles. The number of aliphatic imine (C=N–C) groups is 1. The molecule has 2 fully saturated rings. The number of carbonyl (C=O) groups excluding carboxylic acids is 1. The zero-order valence-corrected chi connectivity index (χ0v) is 24.1. The quantitative estimate of drug-likeness (QED) is 0.328. The summed E-state index contributed by atoms with van der Waals surface area (Å²) in [5.41, 5.74) is -1.68. The van der Waals surface area contributed by atoms with Crippen LogP contribution in [0.25, 0.3) is 0 Å². The third-order valence-corrected chi connectivity index (χ3v) is 8.73. The lowest BCUT2D eigenvalue weighted by Gasteiger charge is -2.32. The Morgan fingerprint density at radius 1 is 1.31 bits per heavy atom. The van der Waals surface area contributed by atoms with E-state index in [0.717, 1.165) is 6.92 Å². The number of hydrogen-bond donors (Lipinski definition) is 2. The molecule has 0 unspecified atom stereocenters. The van der Waals surface area contributed by atoms with E-state index in [4.69, 9.17) is 9.73 Å². The molecule has 2 N–H and O–H groups in total. The fraction of sp³-hybridized carbons (Fsp3) is 0.500. The number of thiazole rings is 1. The molecule has 1 aromatic carbocycles. The van der Waals surface area contributed by atoms with Crippen LogP contribution in [0.4, 0.5) is 17.6 Å². The molecule has 42 heavy (non-hydrogen) atoms. The van der Waals surface area contributed by atoms with Gasteiger partial charge in [-0.25, -0.2) is 32.1 Å². The fourth-order valence-corrected chi connectivity index (χ4v) is 6.61. The van der Waals surface area contributed by atoms with Crippen molar-refractivity contribution in [2.75, 3.05) is 32.8 Å². The van der Waals surface area contributed by atoms with Crippen LogP contribution in [0.1, 0.15) is 42.4 Å². The number of rotatable bonds is 9. The average molecular weight is 610 g/mol. The first-order valence-electron chi connectivity index (χ1n) is 13.5. The fourth-order valence-electron chi connectivity index (χ4n) is 6.02. The highest BCUT2D eigenvalue weighted by atomic mass is 32.1. The SMILES string of the molecule is CCOC(=O)C1=C(CN2CC(F)(F)[C@H]3[C@@H]2CCN3C[C@@](C)(F)C(=O)O)NC(c2nccs2)=N[C@H]1c1cccc(F)c1C. The Labute approximate surface area is 243 Å². The van der Waals surface area contributed by atoms with E-state index in [2.05, 4.69) is 10.3 Å². The third kappa shape index (κ3) is 5.54. The third-order valence-electron chi connectivity index (χ3n) is 7.95. The van der Waals surface area contributed by atoms with Crippen molar-refractivity contribution in [1.29, 1.82) is 0 Å². The second kappa shape index (κ2) is 11.4. The van der Waals surface area contributed by atoms with Gasteiger partial charge >= 0.3 is 11.9 Å². The molecule has 2 aromatic rings. The lowest BCUT2D eigenvalue weighted by Crippen LogP contribution is -2.51. The number of esters is 1. The van der Waals surface area contributed by atoms with Gasteiger partial charge in [-0.2, -0.15) is 0 Å². The number of ether oxygens (including phenoxy) is 1. The number of alkyl halides is 3. The van der Waals surface area contributed by atoms with Crippen molar-refractivity contribution >= 4 is 29.1 Å². The molecule has 0 aliphatic carbocycles. The van der Waals surface area contributed by atoms with E-state index in [0.29, 0.717) is 16.4 Å². The molecule has 4 atom stereocenters. The topological polar surface area (TPSA) is 107 Å². The number of amidine groups is 1. The minimum atomic E-state index is -3.28. The maximum Gasteiger partial charge on any atom is 0.342 e. The van der Waals surface area contributed by atoms with Crippen LogP contribution in [0.15, 0.2) is 46.0 Å². The number of carbonyl (C=O) groups is 2. The van der Waals surface area contributed by atoms with Gasteiger partial charge in [-0.3, -0.25) is 14.8 Å². The number of carboxylic acid groups (broad SMARTS) is 1. The molecule has 0 amide bonds. The summed E-state index contributed by atoms with van der Waals surface area (Å²) < 4.78 is 65.7. The second-order valence-electron chi connectivity index (χ2n) is 10.8. The Morgan fingerprint density at radius 3 is 2.74 bits per heavy atom. The minimum Gasteiger partial charge on any atom is -0.479 e. The first-order chi connectivity index (χ1) is 19.8. The highest BCUT2D eigenvalue weighted by molar-refractivity contribution is 7.11. The number of likely N-dealkylation sites (tertiary alicyclic amines) is 2. The van der Waals surface area contributed by atoms with Crippen LogP contribution in [0.2, 0.25) is 0 Å². The monoisotopic (exact) mass is 609 g/mol. The smallest absolute Gasteiger partial charge is 0.342 e. The molecule has 0 bridgehead atoms. The number of nitrogens with one attached hydrogen (secondary N) is 1. The van der Waals surface area contributed by atoms with E-state index in [9.17, 15) is 23.5 Å². The van der Waals surface area contributed by atoms with Crippen molar-refractivity contribution < 1.29 is 37.0 Å². The van der Waals surface area contributed by atoms with Crippen LogP contribution >= 0.6 is 11.3 Å². The van der Waals surface area contributed by atoms with Gasteiger partial charge in [0, 0.05) is 43.0 Å². The lowest BCUT2D eigenvalue weighted by atomic mass is 9.92. The van der Waals surface area contributed by atoms with Gasteiger partial charge in [0.2, 0.25) is 5.67 Å². The number of carboxylic acids is 1. The van der Waals surface area contributed by atoms with E-state index >= 15 is 8.78 Å². The molecular formula is C28H31F4N5O4S. The van der Waals surface area contributed by atoms with Crippen molar-refractivity contribution in [2.45, 2.75) is 56.9 Å². The van der Waals surface area contributed by atoms with Crippen molar-refractivity contribution in [3.05, 3.63) is 63.0 Å². The van der Waals surface area contributed by atoms with Crippen LogP contribution in [-0.4, -0.2) is 94.1 Å². The maximum atomic E-state index is 15.5. The summed E-state index contributed by atoms with van der Waals surface area (Å²) in [4.78, 5) is 36.5. The molecule has 14 heteroatoms. The molecule has 9 nitrogen and oxygen atoms in total. The molecule has 5 rings (SSSR count). The number of halogens is 4. The molecule has 1 aromatic heterocycles. The second-order valence-corrected chi connectivity index (χ2v) is 11.7. The largest absolute Gasteiger partial charge is 0.479 e. The summed E-state index contributed by atoms with van der Waals surface area (Å²) in [6, 6.07) is 1.31. The van der Waals surface area contributed by atoms with Crippen molar-refractivity contribution in [3.8, 4) is 0 Å².